The number of nitrogens with two attached hydrogens (primary N) is 1. The Morgan fingerprint density at radius 2 is 2.06 bits per heavy atom. The Kier molecular flexibility index (Phi) is 4.28. The zero-order valence-corrected chi connectivity index (χ0v) is 10.2. The lowest BCUT2D eigenvalue weighted by molar-refractivity contribution is 0.587. The fraction of sp³-hybridized carbons (Fsp3) is 0.500. The van der Waals surface area contributed by atoms with E-state index in [2.05, 4.69) is 23.7 Å². The van der Waals surface area contributed by atoms with E-state index in [9.17, 15) is 0 Å². The van der Waals surface area contributed by atoms with Crippen molar-refractivity contribution in [3.8, 4) is 0 Å². The number of hydrogen-bond acceptors (Lipinski definition) is 3. The highest BCUT2D eigenvalue weighted by Crippen LogP contribution is 2.16. The molecule has 0 aliphatic carbocycles. The quantitative estimate of drug-likeness (QED) is 0.589. The molecule has 3 N–H and O–H groups in total. The van der Waals surface area contributed by atoms with Gasteiger partial charge in [0, 0.05) is 24.8 Å². The van der Waals surface area contributed by atoms with Gasteiger partial charge in [0.15, 0.2) is 0 Å². The average Bonchev–Trinajstić information content (AvgIpc) is 2.30. The zero-order chi connectivity index (χ0) is 12.1. The molecule has 16 heavy (non-hydrogen) atoms. The van der Waals surface area contributed by atoms with Crippen molar-refractivity contribution >= 4 is 11.7 Å². The van der Waals surface area contributed by atoms with E-state index in [0.717, 1.165) is 18.7 Å². The Balaban J connectivity index is 2.84. The molecule has 0 fully saturated rings. The lowest BCUT2D eigenvalue weighted by Crippen LogP contribution is -2.31. The summed E-state index contributed by atoms with van der Waals surface area (Å²) in [5.41, 5.74) is 6.05. The molecule has 0 saturated carbocycles. The maximum Gasteiger partial charge on any atom is 0.128 e. The monoisotopic (exact) mass is 220 g/mol. The minimum atomic E-state index is 0.0595. The molecule has 88 valence electrons. The van der Waals surface area contributed by atoms with Gasteiger partial charge in [0.2, 0.25) is 0 Å². The first kappa shape index (κ1) is 12.5. The van der Waals surface area contributed by atoms with Crippen molar-refractivity contribution in [2.24, 2.45) is 5.73 Å². The van der Waals surface area contributed by atoms with Gasteiger partial charge in [-0.3, -0.25) is 5.41 Å². The van der Waals surface area contributed by atoms with Crippen LogP contribution in [0.25, 0.3) is 0 Å². The van der Waals surface area contributed by atoms with Crippen LogP contribution in [0.3, 0.4) is 0 Å². The summed E-state index contributed by atoms with van der Waals surface area (Å²) in [6, 6.07) is 4.26. The fourth-order valence-corrected chi connectivity index (χ4v) is 1.78. The van der Waals surface area contributed by atoms with Gasteiger partial charge in [0.25, 0.3) is 0 Å². The Morgan fingerprint density at radius 1 is 1.44 bits per heavy atom. The Morgan fingerprint density at radius 3 is 2.44 bits per heavy atom. The van der Waals surface area contributed by atoms with Gasteiger partial charge in [-0.1, -0.05) is 13.8 Å². The lowest BCUT2D eigenvalue weighted by Gasteiger charge is -2.27. The third-order valence-electron chi connectivity index (χ3n) is 2.91. The molecule has 0 bridgehead atoms. The molecule has 0 saturated heterocycles. The number of pyridine rings is 1. The van der Waals surface area contributed by atoms with Crippen molar-refractivity contribution in [2.75, 3.05) is 11.9 Å². The second-order valence-electron chi connectivity index (χ2n) is 3.90. The van der Waals surface area contributed by atoms with E-state index in [1.807, 2.05) is 19.2 Å². The number of hydrogen-bond donors (Lipinski definition) is 2. The second kappa shape index (κ2) is 5.49. The largest absolute Gasteiger partial charge is 0.384 e. The molecule has 4 nitrogen and oxygen atoms in total. The maximum absolute atomic E-state index is 7.29. The van der Waals surface area contributed by atoms with Gasteiger partial charge < -0.3 is 10.6 Å². The zero-order valence-electron chi connectivity index (χ0n) is 10.2. The summed E-state index contributed by atoms with van der Waals surface area (Å²) < 4.78 is 0. The average molecular weight is 220 g/mol. The van der Waals surface area contributed by atoms with E-state index in [0.29, 0.717) is 11.6 Å². The predicted molar refractivity (Wildman–Crippen MR) is 68.0 cm³/mol. The molecular weight excluding hydrogens is 200 g/mol. The number of nitrogens with one attached hydrogen (secondary N) is 1. The summed E-state index contributed by atoms with van der Waals surface area (Å²) >= 11 is 0. The van der Waals surface area contributed by atoms with E-state index in [1.54, 1.807) is 6.20 Å². The van der Waals surface area contributed by atoms with Gasteiger partial charge in [-0.15, -0.1) is 0 Å². The third-order valence-corrected chi connectivity index (χ3v) is 2.91. The molecule has 0 aliphatic heterocycles. The molecule has 0 atom stereocenters. The van der Waals surface area contributed by atoms with E-state index in [1.165, 1.54) is 0 Å². The van der Waals surface area contributed by atoms with Crippen LogP contribution in [-0.4, -0.2) is 23.9 Å². The highest BCUT2D eigenvalue weighted by atomic mass is 15.2. The Bertz CT molecular complexity index is 341. The number of nitrogen functional groups attached to an aromatic ring is 1. The number of anilines is 1. The summed E-state index contributed by atoms with van der Waals surface area (Å²) in [6.07, 6.45) is 3.85. The second-order valence-corrected chi connectivity index (χ2v) is 3.90. The highest BCUT2D eigenvalue weighted by molar-refractivity contribution is 5.94. The van der Waals surface area contributed by atoms with E-state index >= 15 is 0 Å². The fourth-order valence-electron chi connectivity index (χ4n) is 1.78. The number of nitrogens with zero attached hydrogens (tertiary/aromatic N) is 2. The van der Waals surface area contributed by atoms with Crippen LogP contribution in [0, 0.1) is 5.41 Å². The highest BCUT2D eigenvalue weighted by Gasteiger charge is 2.12. The molecule has 1 aromatic rings. The molecule has 0 amide bonds. The smallest absolute Gasteiger partial charge is 0.128 e. The van der Waals surface area contributed by atoms with Crippen molar-refractivity contribution in [1.29, 1.82) is 5.41 Å². The van der Waals surface area contributed by atoms with Gasteiger partial charge in [0.1, 0.15) is 11.7 Å². The summed E-state index contributed by atoms with van der Waals surface area (Å²) in [5, 5.41) is 7.29. The molecule has 1 heterocycles. The third kappa shape index (κ3) is 2.72. The molecule has 1 aromatic heterocycles. The van der Waals surface area contributed by atoms with Crippen LogP contribution in [0.15, 0.2) is 18.3 Å². The Labute approximate surface area is 97.0 Å². The minimum absolute atomic E-state index is 0.0595. The van der Waals surface area contributed by atoms with Crippen molar-refractivity contribution in [3.63, 3.8) is 0 Å². The van der Waals surface area contributed by atoms with Crippen molar-refractivity contribution in [2.45, 2.75) is 32.7 Å². The molecule has 1 rings (SSSR count). The normalized spacial score (nSPS) is 10.5. The first-order valence-corrected chi connectivity index (χ1v) is 5.63. The number of rotatable bonds is 5. The summed E-state index contributed by atoms with van der Waals surface area (Å²) in [4.78, 5) is 6.49. The van der Waals surface area contributed by atoms with Crippen molar-refractivity contribution in [1.82, 2.24) is 4.98 Å². The van der Waals surface area contributed by atoms with Crippen LogP contribution in [0.1, 0.15) is 32.3 Å². The van der Waals surface area contributed by atoms with Gasteiger partial charge in [0.05, 0.1) is 0 Å². The SMILES string of the molecule is CCC(CC)N(C)c1ccc(C(=N)N)cn1. The molecular formula is C12H20N4. The van der Waals surface area contributed by atoms with Crippen LogP contribution in [0.4, 0.5) is 5.82 Å². The minimum Gasteiger partial charge on any atom is -0.384 e. The maximum atomic E-state index is 7.29. The molecule has 4 heteroatoms. The molecule has 0 radical (unpaired) electrons. The van der Waals surface area contributed by atoms with Gasteiger partial charge >= 0.3 is 0 Å². The first-order chi connectivity index (χ1) is 7.60. The summed E-state index contributed by atoms with van der Waals surface area (Å²) in [5.74, 6) is 0.989. The number of amidine groups is 1. The van der Waals surface area contributed by atoms with Crippen molar-refractivity contribution in [3.05, 3.63) is 23.9 Å². The number of aromatic nitrogens is 1. The summed E-state index contributed by atoms with van der Waals surface area (Å²) in [7, 11) is 2.05. The van der Waals surface area contributed by atoms with Crippen molar-refractivity contribution < 1.29 is 0 Å². The van der Waals surface area contributed by atoms with Gasteiger partial charge in [-0.2, -0.15) is 0 Å². The standard InChI is InChI=1S/C12H20N4/c1-4-10(5-2)16(3)11-7-6-9(8-15-11)12(13)14/h6-8,10H,4-5H2,1-3H3,(H3,13,14). The Hall–Kier alpha value is -1.58. The van der Waals surface area contributed by atoms with Crippen LogP contribution >= 0.6 is 0 Å². The van der Waals surface area contributed by atoms with Gasteiger partial charge in [-0.25, -0.2) is 4.98 Å². The lowest BCUT2D eigenvalue weighted by atomic mass is 10.1. The van der Waals surface area contributed by atoms with Gasteiger partial charge in [-0.05, 0) is 25.0 Å². The summed E-state index contributed by atoms with van der Waals surface area (Å²) in [6.45, 7) is 4.35. The van der Waals surface area contributed by atoms with E-state index < -0.39 is 0 Å². The topological polar surface area (TPSA) is 66.0 Å². The molecule has 0 aromatic carbocycles. The molecule has 0 aliphatic rings. The van der Waals surface area contributed by atoms with Crippen LogP contribution < -0.4 is 10.6 Å². The molecule has 0 spiro atoms. The van der Waals surface area contributed by atoms with Crippen LogP contribution in [-0.2, 0) is 0 Å². The van der Waals surface area contributed by atoms with E-state index in [4.69, 9.17) is 11.1 Å². The van der Waals surface area contributed by atoms with Crippen LogP contribution in [0.5, 0.6) is 0 Å². The van der Waals surface area contributed by atoms with Crippen LogP contribution in [0.2, 0.25) is 0 Å². The molecule has 0 unspecified atom stereocenters. The predicted octanol–water partition coefficient (Wildman–Crippen LogP) is 1.99. The van der Waals surface area contributed by atoms with E-state index in [-0.39, 0.29) is 5.84 Å². The first-order valence-electron chi connectivity index (χ1n) is 5.63.